The molecule has 22 heavy (non-hydrogen) atoms. The Labute approximate surface area is 147 Å². The summed E-state index contributed by atoms with van der Waals surface area (Å²) in [6.07, 6.45) is 0. The molecule has 0 radical (unpaired) electrons. The van der Waals surface area contributed by atoms with Crippen LogP contribution in [0, 0.1) is 0 Å². The van der Waals surface area contributed by atoms with E-state index >= 15 is 0 Å². The van der Waals surface area contributed by atoms with Gasteiger partial charge in [-0.25, -0.2) is 4.79 Å². The van der Waals surface area contributed by atoms with Crippen LogP contribution in [-0.4, -0.2) is 11.6 Å². The molecule has 0 bridgehead atoms. The fourth-order valence-electron chi connectivity index (χ4n) is 1.62. The van der Waals surface area contributed by atoms with Crippen molar-refractivity contribution in [2.24, 2.45) is 0 Å². The Bertz CT molecular complexity index is 684. The number of carbonyl (C=O) groups is 1. The molecule has 0 aliphatic rings. The van der Waals surface area contributed by atoms with Crippen molar-refractivity contribution in [3.63, 3.8) is 0 Å². The van der Waals surface area contributed by atoms with Gasteiger partial charge in [-0.15, -0.1) is 0 Å². The molecule has 0 atom stereocenters. The fraction of sp³-hybridized carbons (Fsp3) is 0.188. The second-order valence-corrected chi connectivity index (χ2v) is 6.79. The van der Waals surface area contributed by atoms with Gasteiger partial charge in [0.15, 0.2) is 0 Å². The Morgan fingerprint density at radius 3 is 2.32 bits per heavy atom. The van der Waals surface area contributed by atoms with E-state index in [1.165, 1.54) is 0 Å². The van der Waals surface area contributed by atoms with Crippen LogP contribution < -0.4 is 9.47 Å². The number of hydrogen-bond acceptors (Lipinski definition) is 3. The van der Waals surface area contributed by atoms with Gasteiger partial charge in [-0.1, -0.05) is 39.1 Å². The molecule has 3 nitrogen and oxygen atoms in total. The van der Waals surface area contributed by atoms with E-state index in [0.717, 1.165) is 4.47 Å². The van der Waals surface area contributed by atoms with Gasteiger partial charge in [0.1, 0.15) is 11.5 Å². The zero-order valence-electron chi connectivity index (χ0n) is 11.9. The molecule has 0 saturated carbocycles. The Hall–Kier alpha value is -1.23. The molecule has 0 N–H and O–H groups in total. The summed E-state index contributed by atoms with van der Waals surface area (Å²) in [5.41, 5.74) is -1.18. The molecule has 0 aliphatic carbocycles. The molecule has 0 amide bonds. The zero-order valence-corrected chi connectivity index (χ0v) is 15.0. The van der Waals surface area contributed by atoms with Gasteiger partial charge in [0.2, 0.25) is 5.60 Å². The summed E-state index contributed by atoms with van der Waals surface area (Å²) in [7, 11) is 0. The lowest BCUT2D eigenvalue weighted by Gasteiger charge is -2.24. The van der Waals surface area contributed by atoms with Crippen LogP contribution in [0.4, 0.5) is 0 Å². The molecule has 0 heterocycles. The lowest BCUT2D eigenvalue weighted by atomic mass is 10.1. The standard InChI is InChI=1S/C16H13BrCl2O3/c1-16(2,22-12-6-4-11(18)5-7-12)15(20)21-14-8-3-10(17)9-13(14)19/h3-9H,1-2H3. The number of benzene rings is 2. The summed E-state index contributed by atoms with van der Waals surface area (Å²) < 4.78 is 11.8. The Balaban J connectivity index is 2.11. The van der Waals surface area contributed by atoms with Crippen LogP contribution >= 0.6 is 39.1 Å². The van der Waals surface area contributed by atoms with Crippen molar-refractivity contribution in [3.8, 4) is 11.5 Å². The summed E-state index contributed by atoms with van der Waals surface area (Å²) in [6.45, 7) is 3.24. The number of rotatable bonds is 4. The van der Waals surface area contributed by atoms with E-state index in [-0.39, 0.29) is 5.75 Å². The summed E-state index contributed by atoms with van der Waals surface area (Å²) >= 11 is 15.1. The summed E-state index contributed by atoms with van der Waals surface area (Å²) in [5, 5.41) is 0.930. The predicted molar refractivity (Wildman–Crippen MR) is 90.9 cm³/mol. The van der Waals surface area contributed by atoms with Gasteiger partial charge in [0, 0.05) is 9.50 Å². The average molecular weight is 404 g/mol. The normalized spacial score (nSPS) is 11.1. The molecule has 2 aromatic carbocycles. The quantitative estimate of drug-likeness (QED) is 0.498. The monoisotopic (exact) mass is 402 g/mol. The van der Waals surface area contributed by atoms with E-state index in [9.17, 15) is 4.79 Å². The van der Waals surface area contributed by atoms with E-state index in [1.54, 1.807) is 56.3 Å². The summed E-state index contributed by atoms with van der Waals surface area (Å²) in [6, 6.07) is 11.7. The summed E-state index contributed by atoms with van der Waals surface area (Å²) in [5.74, 6) is 0.252. The number of halogens is 3. The van der Waals surface area contributed by atoms with Gasteiger partial charge in [-0.3, -0.25) is 0 Å². The highest BCUT2D eigenvalue weighted by Gasteiger charge is 2.32. The van der Waals surface area contributed by atoms with Crippen LogP contribution in [0.3, 0.4) is 0 Å². The highest BCUT2D eigenvalue weighted by molar-refractivity contribution is 9.10. The van der Waals surface area contributed by atoms with Crippen LogP contribution in [0.15, 0.2) is 46.9 Å². The van der Waals surface area contributed by atoms with E-state index in [0.29, 0.717) is 15.8 Å². The van der Waals surface area contributed by atoms with Crippen molar-refractivity contribution in [1.82, 2.24) is 0 Å². The molecular formula is C16H13BrCl2O3. The molecule has 0 aliphatic heterocycles. The third kappa shape index (κ3) is 4.38. The number of esters is 1. The predicted octanol–water partition coefficient (Wildman–Crippen LogP) is 5.52. The smallest absolute Gasteiger partial charge is 0.355 e. The highest BCUT2D eigenvalue weighted by Crippen LogP contribution is 2.29. The van der Waals surface area contributed by atoms with Crippen molar-refractivity contribution in [2.75, 3.05) is 0 Å². The first-order valence-corrected chi connectivity index (χ1v) is 7.95. The second kappa shape index (κ2) is 6.90. The van der Waals surface area contributed by atoms with Gasteiger partial charge in [0.25, 0.3) is 0 Å². The fourth-order valence-corrected chi connectivity index (χ4v) is 2.46. The maximum Gasteiger partial charge on any atom is 0.355 e. The average Bonchev–Trinajstić information content (AvgIpc) is 2.44. The molecule has 2 aromatic rings. The number of carbonyl (C=O) groups excluding carboxylic acids is 1. The molecule has 0 unspecified atom stereocenters. The highest BCUT2D eigenvalue weighted by atomic mass is 79.9. The Morgan fingerprint density at radius 2 is 1.73 bits per heavy atom. The molecule has 6 heteroatoms. The third-order valence-electron chi connectivity index (χ3n) is 2.77. The van der Waals surface area contributed by atoms with Crippen molar-refractivity contribution in [3.05, 3.63) is 57.0 Å². The van der Waals surface area contributed by atoms with Gasteiger partial charge >= 0.3 is 5.97 Å². The van der Waals surface area contributed by atoms with Crippen LogP contribution in [0.25, 0.3) is 0 Å². The number of ether oxygens (including phenoxy) is 2. The minimum atomic E-state index is -1.18. The molecule has 2 rings (SSSR count). The first-order chi connectivity index (χ1) is 10.3. The van der Waals surface area contributed by atoms with Crippen molar-refractivity contribution >= 4 is 45.1 Å². The summed E-state index contributed by atoms with van der Waals surface area (Å²) in [4.78, 5) is 12.3. The second-order valence-electron chi connectivity index (χ2n) is 5.03. The molecular weight excluding hydrogens is 391 g/mol. The lowest BCUT2D eigenvalue weighted by Crippen LogP contribution is -2.41. The minimum Gasteiger partial charge on any atom is -0.476 e. The maximum atomic E-state index is 12.3. The molecule has 0 saturated heterocycles. The Kier molecular flexibility index (Phi) is 5.37. The van der Waals surface area contributed by atoms with Crippen LogP contribution in [0.2, 0.25) is 10.0 Å². The van der Waals surface area contributed by atoms with Crippen LogP contribution in [0.5, 0.6) is 11.5 Å². The maximum absolute atomic E-state index is 12.3. The SMILES string of the molecule is CC(C)(Oc1ccc(Cl)cc1)C(=O)Oc1ccc(Br)cc1Cl. The largest absolute Gasteiger partial charge is 0.476 e. The van der Waals surface area contributed by atoms with Crippen LogP contribution in [0.1, 0.15) is 13.8 Å². The Morgan fingerprint density at radius 1 is 1.09 bits per heavy atom. The van der Waals surface area contributed by atoms with Crippen molar-refractivity contribution in [1.29, 1.82) is 0 Å². The first kappa shape index (κ1) is 17.1. The van der Waals surface area contributed by atoms with Gasteiger partial charge in [0.05, 0.1) is 5.02 Å². The first-order valence-electron chi connectivity index (χ1n) is 6.40. The third-order valence-corrected chi connectivity index (χ3v) is 3.82. The molecule has 0 aromatic heterocycles. The van der Waals surface area contributed by atoms with Crippen molar-refractivity contribution < 1.29 is 14.3 Å². The lowest BCUT2D eigenvalue weighted by molar-refractivity contribution is -0.149. The zero-order chi connectivity index (χ0) is 16.3. The molecule has 116 valence electrons. The van der Waals surface area contributed by atoms with E-state index in [1.807, 2.05) is 0 Å². The topological polar surface area (TPSA) is 35.5 Å². The van der Waals surface area contributed by atoms with Gasteiger partial charge < -0.3 is 9.47 Å². The minimum absolute atomic E-state index is 0.280. The van der Waals surface area contributed by atoms with Gasteiger partial charge in [-0.05, 0) is 56.3 Å². The van der Waals surface area contributed by atoms with E-state index in [2.05, 4.69) is 15.9 Å². The van der Waals surface area contributed by atoms with Gasteiger partial charge in [-0.2, -0.15) is 0 Å². The van der Waals surface area contributed by atoms with Crippen LogP contribution in [-0.2, 0) is 4.79 Å². The van der Waals surface area contributed by atoms with E-state index < -0.39 is 11.6 Å². The number of hydrogen-bond donors (Lipinski definition) is 0. The molecule has 0 fully saturated rings. The van der Waals surface area contributed by atoms with Crippen molar-refractivity contribution in [2.45, 2.75) is 19.4 Å². The van der Waals surface area contributed by atoms with E-state index in [4.69, 9.17) is 32.7 Å². The molecule has 0 spiro atoms.